The number of anilines is 1. The zero-order chi connectivity index (χ0) is 20.1. The molecule has 1 unspecified atom stereocenters. The molecule has 0 radical (unpaired) electrons. The number of carbonyl (C=O) groups excluding carboxylic acids is 2. The molecule has 1 aliphatic carbocycles. The van der Waals surface area contributed by atoms with Crippen LogP contribution in [0.2, 0.25) is 5.02 Å². The molecular weight excluding hydrogens is 380 g/mol. The number of primary amides is 1. The fourth-order valence-corrected chi connectivity index (χ4v) is 3.47. The van der Waals surface area contributed by atoms with Crippen LogP contribution in [0.15, 0.2) is 54.3 Å². The number of allylic oxidation sites excluding steroid dienone is 1. The molecule has 146 valence electrons. The maximum atomic E-state index is 12.0. The van der Waals surface area contributed by atoms with Gasteiger partial charge in [0.2, 0.25) is 5.91 Å². The third kappa shape index (κ3) is 4.16. The molecule has 0 saturated carbocycles. The number of fused-ring (bicyclic) bond motifs is 1. The minimum absolute atomic E-state index is 0.305. The average Bonchev–Trinajstić information content (AvgIpc) is 2.70. The third-order valence-electron chi connectivity index (χ3n) is 4.94. The van der Waals surface area contributed by atoms with Crippen molar-refractivity contribution in [2.75, 3.05) is 11.9 Å². The van der Waals surface area contributed by atoms with Gasteiger partial charge in [-0.05, 0) is 43.5 Å². The number of hydrogen-bond donors (Lipinski definition) is 4. The fraction of sp³-hybridized carbons (Fsp3) is 0.250. The standard InChI is InChI=1S/C20H21ClN4O3/c21-14-2-3-15-16(6-11-24-17(15)12-14)23-10-1-7-20(19(22)27)8-4-13(5-9-20)18(26)25-28/h2-6,8,11-12,28H,1,7,9-10H2,(H2,22,27)(H,23,24)(H,25,26). The first-order valence-electron chi connectivity index (χ1n) is 8.87. The highest BCUT2D eigenvalue weighted by Crippen LogP contribution is 2.34. The van der Waals surface area contributed by atoms with E-state index >= 15 is 0 Å². The van der Waals surface area contributed by atoms with E-state index in [0.717, 1.165) is 16.6 Å². The number of hydroxylamine groups is 1. The Labute approximate surface area is 167 Å². The van der Waals surface area contributed by atoms with Crippen LogP contribution in [0, 0.1) is 5.41 Å². The van der Waals surface area contributed by atoms with Crippen LogP contribution >= 0.6 is 11.6 Å². The number of pyridine rings is 1. The average molecular weight is 401 g/mol. The number of amides is 2. The molecule has 8 heteroatoms. The van der Waals surface area contributed by atoms with Gasteiger partial charge in [0.1, 0.15) is 0 Å². The van der Waals surface area contributed by atoms with Crippen molar-refractivity contribution in [1.82, 2.24) is 10.5 Å². The van der Waals surface area contributed by atoms with Gasteiger partial charge in [0, 0.05) is 34.4 Å². The molecule has 5 N–H and O–H groups in total. The Kier molecular flexibility index (Phi) is 5.96. The summed E-state index contributed by atoms with van der Waals surface area (Å²) >= 11 is 6.01. The number of hydrogen-bond acceptors (Lipinski definition) is 5. The molecule has 1 atom stereocenters. The van der Waals surface area contributed by atoms with Crippen LogP contribution < -0.4 is 16.5 Å². The van der Waals surface area contributed by atoms with Gasteiger partial charge >= 0.3 is 0 Å². The highest BCUT2D eigenvalue weighted by Gasteiger charge is 2.34. The first-order valence-corrected chi connectivity index (χ1v) is 9.25. The van der Waals surface area contributed by atoms with Crippen LogP contribution in [0.1, 0.15) is 19.3 Å². The lowest BCUT2D eigenvalue weighted by Crippen LogP contribution is -2.37. The van der Waals surface area contributed by atoms with Crippen molar-refractivity contribution in [2.24, 2.45) is 11.1 Å². The van der Waals surface area contributed by atoms with Gasteiger partial charge in [-0.2, -0.15) is 0 Å². The molecule has 28 heavy (non-hydrogen) atoms. The van der Waals surface area contributed by atoms with Crippen LogP contribution in [0.25, 0.3) is 10.9 Å². The van der Waals surface area contributed by atoms with Crippen LogP contribution in [-0.2, 0) is 9.59 Å². The highest BCUT2D eigenvalue weighted by molar-refractivity contribution is 6.31. The molecule has 1 aromatic carbocycles. The van der Waals surface area contributed by atoms with E-state index < -0.39 is 17.2 Å². The van der Waals surface area contributed by atoms with E-state index in [1.54, 1.807) is 23.8 Å². The van der Waals surface area contributed by atoms with Crippen molar-refractivity contribution in [3.05, 3.63) is 59.3 Å². The molecular formula is C20H21ClN4O3. The molecule has 3 rings (SSSR count). The number of carbonyl (C=O) groups is 2. The molecule has 2 amide bonds. The number of aromatic nitrogens is 1. The van der Waals surface area contributed by atoms with E-state index in [1.807, 2.05) is 24.3 Å². The number of nitrogens with zero attached hydrogens (tertiary/aromatic N) is 1. The van der Waals surface area contributed by atoms with Crippen molar-refractivity contribution >= 4 is 40.0 Å². The number of nitrogens with two attached hydrogens (primary N) is 1. The molecule has 1 aliphatic rings. The Morgan fingerprint density at radius 1 is 1.32 bits per heavy atom. The number of benzene rings is 1. The van der Waals surface area contributed by atoms with Gasteiger partial charge in [0.05, 0.1) is 10.9 Å². The Bertz CT molecular complexity index is 973. The van der Waals surface area contributed by atoms with Gasteiger partial charge in [0.25, 0.3) is 5.91 Å². The SMILES string of the molecule is NC(=O)C1(CCCNc2ccnc3cc(Cl)ccc23)C=CC(C(=O)NO)=CC1. The number of rotatable bonds is 7. The van der Waals surface area contributed by atoms with E-state index in [9.17, 15) is 9.59 Å². The summed E-state index contributed by atoms with van der Waals surface area (Å²) < 4.78 is 0. The maximum Gasteiger partial charge on any atom is 0.274 e. The number of nitrogens with one attached hydrogen (secondary N) is 2. The van der Waals surface area contributed by atoms with E-state index in [4.69, 9.17) is 22.5 Å². The van der Waals surface area contributed by atoms with Gasteiger partial charge in [-0.3, -0.25) is 19.8 Å². The fourth-order valence-electron chi connectivity index (χ4n) is 3.30. The van der Waals surface area contributed by atoms with Crippen molar-refractivity contribution in [3.63, 3.8) is 0 Å². The minimum atomic E-state index is -0.839. The molecule has 7 nitrogen and oxygen atoms in total. The summed E-state index contributed by atoms with van der Waals surface area (Å²) in [7, 11) is 0. The van der Waals surface area contributed by atoms with E-state index in [0.29, 0.717) is 36.4 Å². The second-order valence-electron chi connectivity index (χ2n) is 6.71. The Balaban J connectivity index is 1.63. The van der Waals surface area contributed by atoms with Gasteiger partial charge < -0.3 is 11.1 Å². The quantitative estimate of drug-likeness (QED) is 0.324. The summed E-state index contributed by atoms with van der Waals surface area (Å²) in [5, 5.41) is 13.7. The Hall–Kier alpha value is -2.90. The molecule has 1 heterocycles. The first kappa shape index (κ1) is 19.9. The lowest BCUT2D eigenvalue weighted by Gasteiger charge is -2.29. The second-order valence-corrected chi connectivity index (χ2v) is 7.14. The van der Waals surface area contributed by atoms with Gasteiger partial charge in [0.15, 0.2) is 0 Å². The van der Waals surface area contributed by atoms with Crippen molar-refractivity contribution < 1.29 is 14.8 Å². The summed E-state index contributed by atoms with van der Waals surface area (Å²) in [6.07, 6.45) is 8.05. The topological polar surface area (TPSA) is 117 Å². The van der Waals surface area contributed by atoms with Gasteiger partial charge in [-0.25, -0.2) is 5.48 Å². The molecule has 0 bridgehead atoms. The molecule has 0 spiro atoms. The second kappa shape index (κ2) is 8.41. The van der Waals surface area contributed by atoms with Crippen LogP contribution in [0.4, 0.5) is 5.69 Å². The molecule has 0 fully saturated rings. The first-order chi connectivity index (χ1) is 13.4. The largest absolute Gasteiger partial charge is 0.384 e. The Morgan fingerprint density at radius 3 is 2.82 bits per heavy atom. The number of halogens is 1. The van der Waals surface area contributed by atoms with Crippen molar-refractivity contribution in [3.8, 4) is 0 Å². The monoisotopic (exact) mass is 400 g/mol. The smallest absolute Gasteiger partial charge is 0.274 e. The summed E-state index contributed by atoms with van der Waals surface area (Å²) in [4.78, 5) is 27.8. The normalized spacial score (nSPS) is 18.6. The van der Waals surface area contributed by atoms with Gasteiger partial charge in [-0.15, -0.1) is 0 Å². The zero-order valence-electron chi connectivity index (χ0n) is 15.1. The van der Waals surface area contributed by atoms with E-state index in [2.05, 4.69) is 10.3 Å². The van der Waals surface area contributed by atoms with Crippen LogP contribution in [0.5, 0.6) is 0 Å². The summed E-state index contributed by atoms with van der Waals surface area (Å²) in [6, 6.07) is 7.44. The predicted molar refractivity (Wildman–Crippen MR) is 108 cm³/mol. The molecule has 1 aromatic heterocycles. The summed E-state index contributed by atoms with van der Waals surface area (Å²) in [5.74, 6) is -1.05. The van der Waals surface area contributed by atoms with Gasteiger partial charge in [-0.1, -0.05) is 29.8 Å². The Morgan fingerprint density at radius 2 is 2.14 bits per heavy atom. The predicted octanol–water partition coefficient (Wildman–Crippen LogP) is 2.94. The van der Waals surface area contributed by atoms with Crippen molar-refractivity contribution in [1.29, 1.82) is 0 Å². The lowest BCUT2D eigenvalue weighted by molar-refractivity contribution is -0.126. The molecule has 0 aliphatic heterocycles. The van der Waals surface area contributed by atoms with Crippen LogP contribution in [-0.4, -0.2) is 28.6 Å². The van der Waals surface area contributed by atoms with E-state index in [-0.39, 0.29) is 0 Å². The molecule has 0 saturated heterocycles. The maximum absolute atomic E-state index is 12.0. The summed E-state index contributed by atoms with van der Waals surface area (Å²) in [6.45, 7) is 0.637. The highest BCUT2D eigenvalue weighted by atomic mass is 35.5. The molecule has 2 aromatic rings. The van der Waals surface area contributed by atoms with E-state index in [1.165, 1.54) is 6.08 Å². The third-order valence-corrected chi connectivity index (χ3v) is 5.18. The van der Waals surface area contributed by atoms with Crippen molar-refractivity contribution in [2.45, 2.75) is 19.3 Å². The van der Waals surface area contributed by atoms with Crippen LogP contribution in [0.3, 0.4) is 0 Å². The lowest BCUT2D eigenvalue weighted by atomic mass is 9.75. The zero-order valence-corrected chi connectivity index (χ0v) is 15.9. The minimum Gasteiger partial charge on any atom is -0.384 e. The summed E-state index contributed by atoms with van der Waals surface area (Å²) in [5.41, 5.74) is 8.42.